The van der Waals surface area contributed by atoms with Crippen molar-refractivity contribution in [1.82, 2.24) is 0 Å². The van der Waals surface area contributed by atoms with Gasteiger partial charge in [0.2, 0.25) is 0 Å². The van der Waals surface area contributed by atoms with Crippen molar-refractivity contribution in [1.29, 1.82) is 0 Å². The summed E-state index contributed by atoms with van der Waals surface area (Å²) in [6, 6.07) is 9.57. The van der Waals surface area contributed by atoms with Crippen LogP contribution in [0.2, 0.25) is 0 Å². The lowest BCUT2D eigenvalue weighted by molar-refractivity contribution is -0.294. The first kappa shape index (κ1) is 19.1. The molecule has 0 heterocycles. The lowest BCUT2D eigenvalue weighted by Crippen LogP contribution is -2.41. The first-order chi connectivity index (χ1) is 10.9. The van der Waals surface area contributed by atoms with Crippen molar-refractivity contribution in [2.45, 2.75) is 32.5 Å². The molecule has 0 saturated heterocycles. The Balaban J connectivity index is 2.40. The van der Waals surface area contributed by atoms with E-state index in [9.17, 15) is 14.7 Å². The molecule has 7 nitrogen and oxygen atoms in total. The minimum atomic E-state index is -1.50. The molecule has 7 heteroatoms. The van der Waals surface area contributed by atoms with E-state index in [2.05, 4.69) is 9.78 Å². The van der Waals surface area contributed by atoms with Gasteiger partial charge in [0.1, 0.15) is 18.8 Å². The Hall–Kier alpha value is -1.96. The Kier molecular flexibility index (Phi) is 8.25. The molecule has 0 amide bonds. The minimum Gasteiger partial charge on any atom is -0.463 e. The quantitative estimate of drug-likeness (QED) is 0.300. The van der Waals surface area contributed by atoms with Crippen molar-refractivity contribution in [2.24, 2.45) is 0 Å². The summed E-state index contributed by atoms with van der Waals surface area (Å²) in [7, 11) is 0. The molecule has 1 aromatic rings. The van der Waals surface area contributed by atoms with Gasteiger partial charge in [0, 0.05) is 26.9 Å². The van der Waals surface area contributed by atoms with Gasteiger partial charge in [-0.15, -0.1) is 0 Å². The van der Waals surface area contributed by atoms with Crippen molar-refractivity contribution in [3.63, 3.8) is 0 Å². The standard InChI is InChI=1S/C16H22O7/c1-13(17)21-11-16(19,12-22-23-14(2)18)8-9-20-10-15-6-4-3-5-7-15/h3-7,19H,8-12H2,1-2H3. The van der Waals surface area contributed by atoms with Gasteiger partial charge in [-0.05, 0) is 5.56 Å². The molecule has 0 spiro atoms. The highest BCUT2D eigenvalue weighted by Crippen LogP contribution is 2.14. The molecule has 1 atom stereocenters. The predicted molar refractivity (Wildman–Crippen MR) is 80.0 cm³/mol. The summed E-state index contributed by atoms with van der Waals surface area (Å²) in [6.07, 6.45) is 0.147. The second-order valence-corrected chi connectivity index (χ2v) is 5.13. The number of carbonyl (C=O) groups is 2. The van der Waals surface area contributed by atoms with E-state index >= 15 is 0 Å². The third-order valence-corrected chi connectivity index (χ3v) is 2.87. The minimum absolute atomic E-state index is 0.147. The van der Waals surface area contributed by atoms with E-state index in [1.54, 1.807) is 0 Å². The zero-order chi connectivity index (χ0) is 17.1. The number of ether oxygens (including phenoxy) is 2. The van der Waals surface area contributed by atoms with Crippen LogP contribution in [0.3, 0.4) is 0 Å². The van der Waals surface area contributed by atoms with Crippen LogP contribution in [0, 0.1) is 0 Å². The summed E-state index contributed by atoms with van der Waals surface area (Å²) >= 11 is 0. The van der Waals surface area contributed by atoms with Crippen molar-refractivity contribution < 1.29 is 33.9 Å². The number of rotatable bonds is 10. The van der Waals surface area contributed by atoms with Crippen LogP contribution in [-0.2, 0) is 35.4 Å². The van der Waals surface area contributed by atoms with Gasteiger partial charge in [-0.3, -0.25) is 9.68 Å². The maximum atomic E-state index is 10.9. The predicted octanol–water partition coefficient (Wildman–Crippen LogP) is 1.38. The van der Waals surface area contributed by atoms with Crippen LogP contribution in [0.5, 0.6) is 0 Å². The van der Waals surface area contributed by atoms with Crippen molar-refractivity contribution in [3.05, 3.63) is 35.9 Å². The smallest absolute Gasteiger partial charge is 0.339 e. The van der Waals surface area contributed by atoms with Gasteiger partial charge < -0.3 is 14.6 Å². The molecule has 0 aliphatic rings. The van der Waals surface area contributed by atoms with E-state index in [0.29, 0.717) is 6.61 Å². The zero-order valence-electron chi connectivity index (χ0n) is 13.3. The van der Waals surface area contributed by atoms with E-state index in [-0.39, 0.29) is 26.2 Å². The van der Waals surface area contributed by atoms with Gasteiger partial charge in [0.05, 0.1) is 6.61 Å². The van der Waals surface area contributed by atoms with Crippen LogP contribution in [-0.4, -0.2) is 42.5 Å². The molecular formula is C16H22O7. The molecule has 0 aliphatic carbocycles. The first-order valence-electron chi connectivity index (χ1n) is 7.19. The molecular weight excluding hydrogens is 304 g/mol. The molecule has 0 saturated carbocycles. The third-order valence-electron chi connectivity index (χ3n) is 2.87. The van der Waals surface area contributed by atoms with E-state index in [0.717, 1.165) is 5.56 Å². The third kappa shape index (κ3) is 8.92. The van der Waals surface area contributed by atoms with Gasteiger partial charge in [0.25, 0.3) is 0 Å². The lowest BCUT2D eigenvalue weighted by Gasteiger charge is -2.26. The average Bonchev–Trinajstić information content (AvgIpc) is 2.50. The zero-order valence-corrected chi connectivity index (χ0v) is 13.3. The number of benzene rings is 1. The number of aliphatic hydroxyl groups is 1. The Morgan fingerprint density at radius 3 is 2.39 bits per heavy atom. The second-order valence-electron chi connectivity index (χ2n) is 5.13. The highest BCUT2D eigenvalue weighted by molar-refractivity contribution is 5.66. The molecule has 1 aromatic carbocycles. The van der Waals surface area contributed by atoms with Crippen LogP contribution < -0.4 is 0 Å². The Morgan fingerprint density at radius 2 is 1.78 bits per heavy atom. The van der Waals surface area contributed by atoms with Crippen molar-refractivity contribution in [3.8, 4) is 0 Å². The van der Waals surface area contributed by atoms with Gasteiger partial charge in [-0.25, -0.2) is 4.79 Å². The summed E-state index contributed by atoms with van der Waals surface area (Å²) in [5.41, 5.74) is -0.496. The van der Waals surface area contributed by atoms with Crippen LogP contribution in [0.15, 0.2) is 30.3 Å². The summed E-state index contributed by atoms with van der Waals surface area (Å²) in [5, 5.41) is 10.4. The lowest BCUT2D eigenvalue weighted by atomic mass is 10.0. The molecule has 1 N–H and O–H groups in total. The van der Waals surface area contributed by atoms with Crippen LogP contribution in [0.4, 0.5) is 0 Å². The number of carbonyl (C=O) groups excluding carboxylic acids is 2. The molecule has 0 aliphatic heterocycles. The van der Waals surface area contributed by atoms with E-state index < -0.39 is 17.5 Å². The molecule has 0 aromatic heterocycles. The maximum Gasteiger partial charge on any atom is 0.339 e. The number of esters is 1. The SMILES string of the molecule is CC(=O)OCC(O)(CCOCc1ccccc1)COOC(C)=O. The fourth-order valence-corrected chi connectivity index (χ4v) is 1.67. The molecule has 0 fully saturated rings. The molecule has 1 rings (SSSR count). The fourth-order valence-electron chi connectivity index (χ4n) is 1.67. The molecule has 0 radical (unpaired) electrons. The van der Waals surface area contributed by atoms with Gasteiger partial charge >= 0.3 is 11.9 Å². The largest absolute Gasteiger partial charge is 0.463 e. The highest BCUT2D eigenvalue weighted by atomic mass is 17.2. The Labute approximate surface area is 135 Å². The topological polar surface area (TPSA) is 91.3 Å². The Bertz CT molecular complexity index is 488. The van der Waals surface area contributed by atoms with Gasteiger partial charge in [-0.1, -0.05) is 30.3 Å². The van der Waals surface area contributed by atoms with E-state index in [1.807, 2.05) is 30.3 Å². The Morgan fingerprint density at radius 1 is 1.09 bits per heavy atom. The van der Waals surface area contributed by atoms with Gasteiger partial charge in [0.15, 0.2) is 0 Å². The second kappa shape index (κ2) is 9.94. The molecule has 128 valence electrons. The first-order valence-corrected chi connectivity index (χ1v) is 7.19. The number of hydrogen-bond donors (Lipinski definition) is 1. The summed E-state index contributed by atoms with van der Waals surface area (Å²) in [4.78, 5) is 30.6. The van der Waals surface area contributed by atoms with Crippen molar-refractivity contribution in [2.75, 3.05) is 19.8 Å². The van der Waals surface area contributed by atoms with E-state index in [4.69, 9.17) is 9.47 Å². The highest BCUT2D eigenvalue weighted by Gasteiger charge is 2.30. The molecule has 0 bridgehead atoms. The van der Waals surface area contributed by atoms with Crippen LogP contribution >= 0.6 is 0 Å². The molecule has 23 heavy (non-hydrogen) atoms. The average molecular weight is 326 g/mol. The summed E-state index contributed by atoms with van der Waals surface area (Å²) < 4.78 is 10.3. The monoisotopic (exact) mass is 326 g/mol. The van der Waals surface area contributed by atoms with Crippen LogP contribution in [0.1, 0.15) is 25.8 Å². The van der Waals surface area contributed by atoms with E-state index in [1.165, 1.54) is 13.8 Å². The maximum absolute atomic E-state index is 10.9. The summed E-state index contributed by atoms with van der Waals surface area (Å²) in [6.45, 7) is 2.42. The van der Waals surface area contributed by atoms with Gasteiger partial charge in [-0.2, -0.15) is 4.89 Å². The van der Waals surface area contributed by atoms with Crippen molar-refractivity contribution >= 4 is 11.9 Å². The van der Waals surface area contributed by atoms with Crippen LogP contribution in [0.25, 0.3) is 0 Å². The molecule has 1 unspecified atom stereocenters. The summed E-state index contributed by atoms with van der Waals surface area (Å²) in [5.74, 6) is -1.17. The normalized spacial score (nSPS) is 13.2. The number of hydrogen-bond acceptors (Lipinski definition) is 7. The fraction of sp³-hybridized carbons (Fsp3) is 0.500.